The molecule has 0 spiro atoms. The standard InChI is InChI=1S/C27H44N8O12/c1-13(22(41)34-17(27(46)47)12-21(39)40)31-25(44)18-6-4-10-35(18)26(45)15(5-2-3-9-28)32-24(43)16(11-20(37)38)33-23(42)14(29)7-8-19(30)36/h13-18H,2-12,28-29H2,1H3,(H2,30,36)(H,31,44)(H,32,43)(H,33,42)(H,34,41)(H,37,38)(H,39,40)(H,46,47). The molecule has 0 aromatic rings. The minimum absolute atomic E-state index is 0.0391. The summed E-state index contributed by atoms with van der Waals surface area (Å²) in [6.07, 6.45) is -0.771. The van der Waals surface area contributed by atoms with Crippen LogP contribution in [0.3, 0.4) is 0 Å². The van der Waals surface area contributed by atoms with E-state index in [4.69, 9.17) is 27.4 Å². The Bertz CT molecular complexity index is 1200. The van der Waals surface area contributed by atoms with E-state index in [1.807, 2.05) is 5.32 Å². The van der Waals surface area contributed by atoms with Gasteiger partial charge in [0.1, 0.15) is 30.2 Å². The zero-order chi connectivity index (χ0) is 35.8. The van der Waals surface area contributed by atoms with Gasteiger partial charge in [0.25, 0.3) is 0 Å². The van der Waals surface area contributed by atoms with Crippen molar-refractivity contribution in [3.63, 3.8) is 0 Å². The van der Waals surface area contributed by atoms with Crippen molar-refractivity contribution in [2.24, 2.45) is 17.2 Å². The van der Waals surface area contributed by atoms with E-state index in [2.05, 4.69) is 16.0 Å². The number of likely N-dealkylation sites (tertiary alicyclic amines) is 1. The fraction of sp³-hybridized carbons (Fsp3) is 0.667. The summed E-state index contributed by atoms with van der Waals surface area (Å²) in [7, 11) is 0. The molecule has 20 nitrogen and oxygen atoms in total. The highest BCUT2D eigenvalue weighted by Gasteiger charge is 2.39. The van der Waals surface area contributed by atoms with E-state index in [1.54, 1.807) is 0 Å². The van der Waals surface area contributed by atoms with E-state index in [0.717, 1.165) is 0 Å². The van der Waals surface area contributed by atoms with Crippen molar-refractivity contribution >= 4 is 53.4 Å². The van der Waals surface area contributed by atoms with E-state index in [9.17, 15) is 48.3 Å². The van der Waals surface area contributed by atoms with Gasteiger partial charge >= 0.3 is 17.9 Å². The Balaban J connectivity index is 3.08. The van der Waals surface area contributed by atoms with E-state index in [0.29, 0.717) is 19.3 Å². The van der Waals surface area contributed by atoms with Crippen LogP contribution in [0.4, 0.5) is 0 Å². The number of nitrogens with two attached hydrogens (primary N) is 3. The van der Waals surface area contributed by atoms with Crippen molar-refractivity contribution in [1.82, 2.24) is 26.2 Å². The lowest BCUT2D eigenvalue weighted by Gasteiger charge is -2.30. The Morgan fingerprint density at radius 3 is 1.91 bits per heavy atom. The van der Waals surface area contributed by atoms with E-state index >= 15 is 0 Å². The zero-order valence-electron chi connectivity index (χ0n) is 25.9. The van der Waals surface area contributed by atoms with Crippen molar-refractivity contribution in [3.05, 3.63) is 0 Å². The predicted octanol–water partition coefficient (Wildman–Crippen LogP) is -4.31. The van der Waals surface area contributed by atoms with Gasteiger partial charge in [-0.3, -0.25) is 38.4 Å². The maximum absolute atomic E-state index is 13.7. The molecule has 1 aliphatic heterocycles. The molecule has 13 N–H and O–H groups in total. The van der Waals surface area contributed by atoms with Gasteiger partial charge < -0.3 is 58.7 Å². The topological polar surface area (TPSA) is 344 Å². The molecule has 1 rings (SSSR count). The first-order valence-corrected chi connectivity index (χ1v) is 14.9. The maximum atomic E-state index is 13.7. The van der Waals surface area contributed by atoms with Gasteiger partial charge in [-0.15, -0.1) is 0 Å². The highest BCUT2D eigenvalue weighted by molar-refractivity contribution is 5.97. The Morgan fingerprint density at radius 2 is 1.36 bits per heavy atom. The van der Waals surface area contributed by atoms with Crippen LogP contribution in [0.25, 0.3) is 0 Å². The first-order valence-electron chi connectivity index (χ1n) is 14.9. The summed E-state index contributed by atoms with van der Waals surface area (Å²) < 4.78 is 0. The molecule has 1 saturated heterocycles. The van der Waals surface area contributed by atoms with Crippen LogP contribution in [-0.4, -0.2) is 123 Å². The first-order chi connectivity index (χ1) is 22.0. The summed E-state index contributed by atoms with van der Waals surface area (Å²) in [4.78, 5) is 111. The Morgan fingerprint density at radius 1 is 0.787 bits per heavy atom. The lowest BCUT2D eigenvalue weighted by atomic mass is 10.0. The number of carboxylic acids is 3. The second kappa shape index (κ2) is 19.6. The average molecular weight is 673 g/mol. The number of amides is 6. The number of carboxylic acid groups (broad SMARTS) is 3. The third-order valence-corrected chi connectivity index (χ3v) is 7.20. The molecule has 0 aromatic carbocycles. The third kappa shape index (κ3) is 14.0. The number of hydrogen-bond acceptors (Lipinski definition) is 11. The number of unbranched alkanes of at least 4 members (excludes halogenated alkanes) is 1. The zero-order valence-corrected chi connectivity index (χ0v) is 25.9. The molecule has 0 radical (unpaired) electrons. The van der Waals surface area contributed by atoms with Gasteiger partial charge in [-0.25, -0.2) is 4.79 Å². The molecule has 0 saturated carbocycles. The summed E-state index contributed by atoms with van der Waals surface area (Å²) in [5.74, 6) is -9.62. The molecule has 6 atom stereocenters. The van der Waals surface area contributed by atoms with Gasteiger partial charge in [0.15, 0.2) is 0 Å². The first kappa shape index (κ1) is 40.2. The number of carbonyl (C=O) groups excluding carboxylic acids is 6. The van der Waals surface area contributed by atoms with Crippen molar-refractivity contribution in [3.8, 4) is 0 Å². The van der Waals surface area contributed by atoms with E-state index < -0.39 is 102 Å². The normalized spacial score (nSPS) is 17.3. The van der Waals surface area contributed by atoms with E-state index in [1.165, 1.54) is 11.8 Å². The van der Waals surface area contributed by atoms with Gasteiger partial charge in [0.05, 0.1) is 18.9 Å². The number of aliphatic carboxylic acids is 3. The van der Waals surface area contributed by atoms with E-state index in [-0.39, 0.29) is 38.8 Å². The molecule has 1 fully saturated rings. The smallest absolute Gasteiger partial charge is 0.326 e. The molecule has 1 heterocycles. The highest BCUT2D eigenvalue weighted by Crippen LogP contribution is 2.20. The van der Waals surface area contributed by atoms with Gasteiger partial charge in [0.2, 0.25) is 35.4 Å². The van der Waals surface area contributed by atoms with Crippen LogP contribution in [0.15, 0.2) is 0 Å². The highest BCUT2D eigenvalue weighted by atomic mass is 16.4. The van der Waals surface area contributed by atoms with Crippen LogP contribution in [0, 0.1) is 0 Å². The lowest BCUT2D eigenvalue weighted by Crippen LogP contribution is -2.59. The molecule has 20 heteroatoms. The number of rotatable bonds is 21. The molecule has 0 bridgehead atoms. The monoisotopic (exact) mass is 672 g/mol. The van der Waals surface area contributed by atoms with Crippen molar-refractivity contribution in [2.75, 3.05) is 13.1 Å². The molecular weight excluding hydrogens is 628 g/mol. The number of nitrogens with one attached hydrogen (secondary N) is 4. The minimum atomic E-state index is -1.75. The number of nitrogens with zero attached hydrogens (tertiary/aromatic N) is 1. The quantitative estimate of drug-likeness (QED) is 0.0516. The lowest BCUT2D eigenvalue weighted by molar-refractivity contribution is -0.147. The van der Waals surface area contributed by atoms with Crippen molar-refractivity contribution in [1.29, 1.82) is 0 Å². The van der Waals surface area contributed by atoms with Crippen molar-refractivity contribution < 1.29 is 58.5 Å². The molecule has 6 unspecified atom stereocenters. The van der Waals surface area contributed by atoms with Gasteiger partial charge in [0, 0.05) is 13.0 Å². The second-order valence-corrected chi connectivity index (χ2v) is 11.0. The summed E-state index contributed by atoms with van der Waals surface area (Å²) in [5, 5.41) is 36.4. The summed E-state index contributed by atoms with van der Waals surface area (Å²) in [6.45, 7) is 1.59. The summed E-state index contributed by atoms with van der Waals surface area (Å²) in [6, 6.07) is -8.37. The average Bonchev–Trinajstić information content (AvgIpc) is 3.48. The summed E-state index contributed by atoms with van der Waals surface area (Å²) in [5.41, 5.74) is 16.3. The molecule has 0 aliphatic carbocycles. The van der Waals surface area contributed by atoms with Crippen LogP contribution >= 0.6 is 0 Å². The molecule has 6 amide bonds. The molecule has 264 valence electrons. The van der Waals surface area contributed by atoms with Gasteiger partial charge in [-0.05, 0) is 52.0 Å². The number of hydrogen-bond donors (Lipinski definition) is 10. The maximum Gasteiger partial charge on any atom is 0.326 e. The largest absolute Gasteiger partial charge is 0.481 e. The molecule has 47 heavy (non-hydrogen) atoms. The van der Waals surface area contributed by atoms with Crippen LogP contribution in [-0.2, 0) is 43.2 Å². The fourth-order valence-electron chi connectivity index (χ4n) is 4.66. The molecule has 1 aliphatic rings. The SMILES string of the molecule is CC(NC(=O)C1CCCN1C(=O)C(CCCCN)NC(=O)C(CC(=O)O)NC(=O)C(N)CCC(N)=O)C(=O)NC(CC(=O)O)C(=O)O. The summed E-state index contributed by atoms with van der Waals surface area (Å²) >= 11 is 0. The van der Waals surface area contributed by atoms with Crippen LogP contribution < -0.4 is 38.5 Å². The Kier molecular flexibility index (Phi) is 16.8. The second-order valence-electron chi connectivity index (χ2n) is 11.0. The van der Waals surface area contributed by atoms with Crippen LogP contribution in [0.1, 0.15) is 64.7 Å². The van der Waals surface area contributed by atoms with Crippen LogP contribution in [0.5, 0.6) is 0 Å². The Labute approximate surface area is 269 Å². The van der Waals surface area contributed by atoms with Gasteiger partial charge in [-0.1, -0.05) is 0 Å². The fourth-order valence-corrected chi connectivity index (χ4v) is 4.66. The third-order valence-electron chi connectivity index (χ3n) is 7.20. The van der Waals surface area contributed by atoms with Gasteiger partial charge in [-0.2, -0.15) is 0 Å². The van der Waals surface area contributed by atoms with Crippen LogP contribution in [0.2, 0.25) is 0 Å². The molecular formula is C27H44N8O12. The predicted molar refractivity (Wildman–Crippen MR) is 160 cm³/mol. The Hall–Kier alpha value is -4.85. The van der Waals surface area contributed by atoms with Crippen molar-refractivity contribution in [2.45, 2.75) is 101 Å². The minimum Gasteiger partial charge on any atom is -0.481 e. The number of primary amides is 1. The molecule has 0 aromatic heterocycles. The number of carbonyl (C=O) groups is 9.